The van der Waals surface area contributed by atoms with Gasteiger partial charge in [0.2, 0.25) is 0 Å². The van der Waals surface area contributed by atoms with Crippen molar-refractivity contribution >= 4 is 33.2 Å². The lowest BCUT2D eigenvalue weighted by Gasteiger charge is -1.97. The van der Waals surface area contributed by atoms with Crippen molar-refractivity contribution in [1.29, 1.82) is 0 Å². The van der Waals surface area contributed by atoms with E-state index < -0.39 is 0 Å². The van der Waals surface area contributed by atoms with Crippen LogP contribution in [-0.4, -0.2) is 18.1 Å². The summed E-state index contributed by atoms with van der Waals surface area (Å²) in [5.41, 5.74) is 1.83. The lowest BCUT2D eigenvalue weighted by atomic mass is 10.2. The van der Waals surface area contributed by atoms with E-state index in [1.54, 1.807) is 0 Å². The number of carbonyl (C=O) groups is 1. The van der Waals surface area contributed by atoms with Crippen molar-refractivity contribution in [2.45, 2.75) is 19.8 Å². The van der Waals surface area contributed by atoms with Crippen molar-refractivity contribution in [3.8, 4) is 10.6 Å². The summed E-state index contributed by atoms with van der Waals surface area (Å²) in [7, 11) is 1.40. The molecular weight excluding hydrogens is 326 g/mol. The van der Waals surface area contributed by atoms with Crippen molar-refractivity contribution in [1.82, 2.24) is 4.98 Å². The number of benzene rings is 1. The van der Waals surface area contributed by atoms with Crippen LogP contribution in [0.4, 0.5) is 0 Å². The van der Waals surface area contributed by atoms with Gasteiger partial charge < -0.3 is 4.74 Å². The molecule has 1 heterocycles. The van der Waals surface area contributed by atoms with Crippen LogP contribution in [0, 0.1) is 0 Å². The Morgan fingerprint density at radius 3 is 2.89 bits per heavy atom. The maximum Gasteiger partial charge on any atom is 0.349 e. The molecule has 0 aliphatic rings. The number of halogens is 1. The number of nitrogens with zero attached hydrogens (tertiary/aromatic N) is 1. The van der Waals surface area contributed by atoms with E-state index in [1.165, 1.54) is 18.4 Å². The summed E-state index contributed by atoms with van der Waals surface area (Å²) in [6.45, 7) is 2.07. The van der Waals surface area contributed by atoms with Gasteiger partial charge in [-0.05, 0) is 18.6 Å². The molecule has 0 bridgehead atoms. The SMILES string of the molecule is CCCc1nc(-c2cccc(Br)c2)sc1C(=O)OC. The van der Waals surface area contributed by atoms with Gasteiger partial charge in [0.05, 0.1) is 12.8 Å². The first-order valence-electron chi connectivity index (χ1n) is 5.99. The maximum atomic E-state index is 11.8. The van der Waals surface area contributed by atoms with Gasteiger partial charge in [0.1, 0.15) is 9.88 Å². The number of thiazole rings is 1. The molecule has 0 atom stereocenters. The molecule has 0 saturated carbocycles. The molecular formula is C14H14BrNO2S. The zero-order valence-corrected chi connectivity index (χ0v) is 13.2. The maximum absolute atomic E-state index is 11.8. The molecule has 0 unspecified atom stereocenters. The van der Waals surface area contributed by atoms with Crippen molar-refractivity contribution < 1.29 is 9.53 Å². The summed E-state index contributed by atoms with van der Waals surface area (Å²) >= 11 is 4.83. The third-order valence-corrected chi connectivity index (χ3v) is 4.25. The Kier molecular flexibility index (Phi) is 4.71. The van der Waals surface area contributed by atoms with Gasteiger partial charge in [-0.15, -0.1) is 11.3 Å². The Balaban J connectivity index is 2.45. The summed E-state index contributed by atoms with van der Waals surface area (Å²) in [4.78, 5) is 16.9. The monoisotopic (exact) mass is 339 g/mol. The third kappa shape index (κ3) is 3.22. The lowest BCUT2D eigenvalue weighted by molar-refractivity contribution is 0.0605. The summed E-state index contributed by atoms with van der Waals surface area (Å²) in [6, 6.07) is 7.90. The molecule has 3 nitrogen and oxygen atoms in total. The first kappa shape index (κ1) is 14.2. The molecule has 0 fully saturated rings. The molecule has 1 aromatic heterocycles. The second-order valence-corrected chi connectivity index (χ2v) is 5.96. The Bertz CT molecular complexity index is 595. The van der Waals surface area contributed by atoms with E-state index in [1.807, 2.05) is 24.3 Å². The van der Waals surface area contributed by atoms with Crippen molar-refractivity contribution in [2.75, 3.05) is 7.11 Å². The molecule has 2 rings (SSSR count). The average Bonchev–Trinajstić information content (AvgIpc) is 2.82. The van der Waals surface area contributed by atoms with Gasteiger partial charge in [0, 0.05) is 10.0 Å². The minimum absolute atomic E-state index is 0.304. The van der Waals surface area contributed by atoms with Crippen LogP contribution >= 0.6 is 27.3 Å². The second kappa shape index (κ2) is 6.30. The summed E-state index contributed by atoms with van der Waals surface area (Å²) in [6.07, 6.45) is 1.74. The number of rotatable bonds is 4. The Morgan fingerprint density at radius 1 is 1.47 bits per heavy atom. The highest BCUT2D eigenvalue weighted by molar-refractivity contribution is 9.10. The van der Waals surface area contributed by atoms with Crippen LogP contribution in [0.3, 0.4) is 0 Å². The van der Waals surface area contributed by atoms with E-state index in [-0.39, 0.29) is 5.97 Å². The normalized spacial score (nSPS) is 10.5. The number of aryl methyl sites for hydroxylation is 1. The highest BCUT2D eigenvalue weighted by atomic mass is 79.9. The molecule has 1 aromatic carbocycles. The fraction of sp³-hybridized carbons (Fsp3) is 0.286. The van der Waals surface area contributed by atoms with Crippen LogP contribution < -0.4 is 0 Å². The Labute approximate surface area is 124 Å². The predicted octanol–water partition coefficient (Wildman–Crippen LogP) is 4.31. The largest absolute Gasteiger partial charge is 0.465 e. The number of hydrogen-bond donors (Lipinski definition) is 0. The fourth-order valence-corrected chi connectivity index (χ4v) is 3.18. The first-order chi connectivity index (χ1) is 9.15. The minimum Gasteiger partial charge on any atom is -0.465 e. The zero-order chi connectivity index (χ0) is 13.8. The number of esters is 1. The van der Waals surface area contributed by atoms with E-state index in [0.717, 1.165) is 33.6 Å². The van der Waals surface area contributed by atoms with Gasteiger partial charge >= 0.3 is 5.97 Å². The Morgan fingerprint density at radius 2 is 2.26 bits per heavy atom. The topological polar surface area (TPSA) is 39.2 Å². The molecule has 100 valence electrons. The molecule has 0 N–H and O–H groups in total. The fourth-order valence-electron chi connectivity index (χ4n) is 1.76. The van der Waals surface area contributed by atoms with Gasteiger partial charge in [-0.25, -0.2) is 9.78 Å². The zero-order valence-electron chi connectivity index (χ0n) is 10.8. The highest BCUT2D eigenvalue weighted by Crippen LogP contribution is 2.30. The van der Waals surface area contributed by atoms with Crippen molar-refractivity contribution in [2.24, 2.45) is 0 Å². The van der Waals surface area contributed by atoms with Crippen LogP contribution in [0.15, 0.2) is 28.7 Å². The second-order valence-electron chi connectivity index (χ2n) is 4.05. The molecule has 0 spiro atoms. The molecule has 0 aliphatic heterocycles. The van der Waals surface area contributed by atoms with Crippen molar-refractivity contribution in [3.05, 3.63) is 39.3 Å². The summed E-state index contributed by atoms with van der Waals surface area (Å²) in [5, 5.41) is 0.852. The smallest absolute Gasteiger partial charge is 0.349 e. The lowest BCUT2D eigenvalue weighted by Crippen LogP contribution is -2.02. The van der Waals surface area contributed by atoms with E-state index in [9.17, 15) is 4.79 Å². The van der Waals surface area contributed by atoms with Gasteiger partial charge in [-0.3, -0.25) is 0 Å². The molecule has 2 aromatic rings. The number of aromatic nitrogens is 1. The number of hydrogen-bond acceptors (Lipinski definition) is 4. The van der Waals surface area contributed by atoms with E-state index in [0.29, 0.717) is 4.88 Å². The van der Waals surface area contributed by atoms with Gasteiger partial charge in [-0.2, -0.15) is 0 Å². The van der Waals surface area contributed by atoms with E-state index in [2.05, 4.69) is 27.8 Å². The van der Waals surface area contributed by atoms with E-state index in [4.69, 9.17) is 4.74 Å². The Hall–Kier alpha value is -1.20. The summed E-state index contributed by atoms with van der Waals surface area (Å²) < 4.78 is 5.82. The first-order valence-corrected chi connectivity index (χ1v) is 7.60. The molecule has 0 radical (unpaired) electrons. The molecule has 5 heteroatoms. The molecule has 0 saturated heterocycles. The van der Waals surface area contributed by atoms with E-state index >= 15 is 0 Å². The number of carbonyl (C=O) groups excluding carboxylic acids is 1. The van der Waals surface area contributed by atoms with Gasteiger partial charge in [-0.1, -0.05) is 41.4 Å². The van der Waals surface area contributed by atoms with Crippen LogP contribution in [0.1, 0.15) is 28.7 Å². The molecule has 0 amide bonds. The quantitative estimate of drug-likeness (QED) is 0.779. The van der Waals surface area contributed by atoms with Gasteiger partial charge in [0.15, 0.2) is 0 Å². The highest BCUT2D eigenvalue weighted by Gasteiger charge is 2.18. The van der Waals surface area contributed by atoms with Gasteiger partial charge in [0.25, 0.3) is 0 Å². The standard InChI is InChI=1S/C14H14BrNO2S/c1-3-5-11-12(14(17)18-2)19-13(16-11)9-6-4-7-10(15)8-9/h4,6-8H,3,5H2,1-2H3. The van der Waals surface area contributed by atoms with Crippen LogP contribution in [0.5, 0.6) is 0 Å². The average molecular weight is 340 g/mol. The van der Waals surface area contributed by atoms with Crippen LogP contribution in [0.25, 0.3) is 10.6 Å². The third-order valence-electron chi connectivity index (χ3n) is 2.63. The predicted molar refractivity (Wildman–Crippen MR) is 80.6 cm³/mol. The summed E-state index contributed by atoms with van der Waals surface area (Å²) in [5.74, 6) is -0.304. The van der Waals surface area contributed by atoms with Crippen molar-refractivity contribution in [3.63, 3.8) is 0 Å². The molecule has 19 heavy (non-hydrogen) atoms. The van der Waals surface area contributed by atoms with Crippen LogP contribution in [0.2, 0.25) is 0 Å². The van der Waals surface area contributed by atoms with Crippen LogP contribution in [-0.2, 0) is 11.2 Å². The molecule has 0 aliphatic carbocycles. The minimum atomic E-state index is -0.304. The number of ether oxygens (including phenoxy) is 1. The number of methoxy groups -OCH3 is 1.